The number of alkyl halides is 1. The Bertz CT molecular complexity index is 289. The van der Waals surface area contributed by atoms with Crippen LogP contribution in [0.15, 0.2) is 24.5 Å². The Morgan fingerprint density at radius 2 is 2.50 bits per heavy atom. The lowest BCUT2D eigenvalue weighted by Gasteiger charge is -2.09. The fraction of sp³-hybridized carbons (Fsp3) is 0.400. The number of halogens is 1. The van der Waals surface area contributed by atoms with Crippen LogP contribution in [0.2, 0.25) is 0 Å². The van der Waals surface area contributed by atoms with Gasteiger partial charge in [-0.3, -0.25) is 9.78 Å². The second-order valence-electron chi connectivity index (χ2n) is 2.94. The third-order valence-corrected chi connectivity index (χ3v) is 2.21. The molecular weight excluding hydrogens is 200 g/mol. The van der Waals surface area contributed by atoms with E-state index in [0.717, 1.165) is 12.0 Å². The predicted octanol–water partition coefficient (Wildman–Crippen LogP) is 1.89. The fourth-order valence-corrected chi connectivity index (χ4v) is 1.22. The summed E-state index contributed by atoms with van der Waals surface area (Å²) >= 11 is 5.94. The first kappa shape index (κ1) is 11.0. The zero-order valence-corrected chi connectivity index (χ0v) is 8.79. The number of rotatable bonds is 4. The van der Waals surface area contributed by atoms with Gasteiger partial charge in [0.1, 0.15) is 5.38 Å². The van der Waals surface area contributed by atoms with Crippen molar-refractivity contribution >= 4 is 17.5 Å². The van der Waals surface area contributed by atoms with E-state index in [0.29, 0.717) is 6.54 Å². The third kappa shape index (κ3) is 3.00. The predicted molar refractivity (Wildman–Crippen MR) is 56.1 cm³/mol. The number of nitrogens with one attached hydrogen (secondary N) is 1. The van der Waals surface area contributed by atoms with Crippen LogP contribution in [-0.2, 0) is 4.79 Å². The van der Waals surface area contributed by atoms with Crippen molar-refractivity contribution in [3.8, 4) is 0 Å². The first-order valence-corrected chi connectivity index (χ1v) is 5.01. The molecule has 0 saturated heterocycles. The summed E-state index contributed by atoms with van der Waals surface area (Å²) in [7, 11) is 0. The van der Waals surface area contributed by atoms with Crippen molar-refractivity contribution in [2.75, 3.05) is 6.54 Å². The van der Waals surface area contributed by atoms with Gasteiger partial charge in [0.2, 0.25) is 5.91 Å². The normalized spacial score (nSPS) is 12.1. The molecule has 3 nitrogen and oxygen atoms in total. The highest BCUT2D eigenvalue weighted by atomic mass is 35.5. The lowest BCUT2D eigenvalue weighted by Crippen LogP contribution is -2.27. The summed E-state index contributed by atoms with van der Waals surface area (Å²) in [6.07, 6.45) is 4.16. The summed E-state index contributed by atoms with van der Waals surface area (Å²) < 4.78 is 0. The minimum absolute atomic E-state index is 0.165. The lowest BCUT2D eigenvalue weighted by atomic mass is 10.2. The third-order valence-electron chi connectivity index (χ3n) is 1.76. The van der Waals surface area contributed by atoms with Crippen molar-refractivity contribution in [3.63, 3.8) is 0 Å². The molecule has 0 aliphatic carbocycles. The van der Waals surface area contributed by atoms with E-state index in [1.54, 1.807) is 24.5 Å². The van der Waals surface area contributed by atoms with Gasteiger partial charge < -0.3 is 5.32 Å². The second kappa shape index (κ2) is 5.60. The van der Waals surface area contributed by atoms with E-state index in [1.807, 2.05) is 6.92 Å². The Kier molecular flexibility index (Phi) is 4.40. The van der Waals surface area contributed by atoms with Gasteiger partial charge in [-0.05, 0) is 18.1 Å². The highest BCUT2D eigenvalue weighted by molar-refractivity contribution is 6.30. The zero-order chi connectivity index (χ0) is 10.4. The SMILES string of the molecule is CCCNC(=O)C(Cl)c1cccnc1. The number of amides is 1. The number of aromatic nitrogens is 1. The van der Waals surface area contributed by atoms with E-state index in [2.05, 4.69) is 10.3 Å². The van der Waals surface area contributed by atoms with Crippen molar-refractivity contribution in [1.82, 2.24) is 10.3 Å². The first-order valence-electron chi connectivity index (χ1n) is 4.57. The zero-order valence-electron chi connectivity index (χ0n) is 8.03. The van der Waals surface area contributed by atoms with Crippen molar-refractivity contribution in [1.29, 1.82) is 0 Å². The molecular formula is C10H13ClN2O. The monoisotopic (exact) mass is 212 g/mol. The topological polar surface area (TPSA) is 42.0 Å². The summed E-state index contributed by atoms with van der Waals surface area (Å²) in [4.78, 5) is 15.3. The molecule has 4 heteroatoms. The van der Waals surface area contributed by atoms with Gasteiger partial charge in [-0.25, -0.2) is 0 Å². The Hall–Kier alpha value is -1.09. The molecule has 1 aromatic rings. The van der Waals surface area contributed by atoms with Crippen LogP contribution in [0.3, 0.4) is 0 Å². The Morgan fingerprint density at radius 1 is 1.71 bits per heavy atom. The average molecular weight is 213 g/mol. The minimum Gasteiger partial charge on any atom is -0.355 e. The number of hydrogen-bond donors (Lipinski definition) is 1. The first-order chi connectivity index (χ1) is 6.75. The van der Waals surface area contributed by atoms with Crippen molar-refractivity contribution in [3.05, 3.63) is 30.1 Å². The molecule has 0 saturated carbocycles. The lowest BCUT2D eigenvalue weighted by molar-refractivity contribution is -0.120. The molecule has 14 heavy (non-hydrogen) atoms. The maximum absolute atomic E-state index is 11.4. The summed E-state index contributed by atoms with van der Waals surface area (Å²) in [6, 6.07) is 3.55. The number of hydrogen-bond acceptors (Lipinski definition) is 2. The van der Waals surface area contributed by atoms with Crippen molar-refractivity contribution < 1.29 is 4.79 Å². The summed E-state index contributed by atoms with van der Waals surface area (Å²) in [5.74, 6) is -0.165. The van der Waals surface area contributed by atoms with Gasteiger partial charge in [0.15, 0.2) is 0 Å². The van der Waals surface area contributed by atoms with Gasteiger partial charge in [-0.2, -0.15) is 0 Å². The van der Waals surface area contributed by atoms with E-state index < -0.39 is 5.38 Å². The van der Waals surface area contributed by atoms with E-state index in [-0.39, 0.29) is 5.91 Å². The van der Waals surface area contributed by atoms with E-state index >= 15 is 0 Å². The molecule has 0 aliphatic heterocycles. The molecule has 76 valence electrons. The molecule has 1 unspecified atom stereocenters. The fourth-order valence-electron chi connectivity index (χ4n) is 1.02. The van der Waals surface area contributed by atoms with Crippen molar-refractivity contribution in [2.24, 2.45) is 0 Å². The van der Waals surface area contributed by atoms with Crippen LogP contribution in [0, 0.1) is 0 Å². The van der Waals surface area contributed by atoms with Gasteiger partial charge in [0, 0.05) is 18.9 Å². The molecule has 1 rings (SSSR count). The number of nitrogens with zero attached hydrogens (tertiary/aromatic N) is 1. The van der Waals surface area contributed by atoms with Gasteiger partial charge >= 0.3 is 0 Å². The maximum atomic E-state index is 11.4. The van der Waals surface area contributed by atoms with E-state index in [9.17, 15) is 4.79 Å². The number of carbonyl (C=O) groups excluding carboxylic acids is 1. The number of carbonyl (C=O) groups is 1. The summed E-state index contributed by atoms with van der Waals surface area (Å²) in [6.45, 7) is 2.65. The van der Waals surface area contributed by atoms with Crippen LogP contribution in [0.25, 0.3) is 0 Å². The smallest absolute Gasteiger partial charge is 0.242 e. The molecule has 0 bridgehead atoms. The van der Waals surface area contributed by atoms with Crippen LogP contribution < -0.4 is 5.32 Å². The molecule has 1 aromatic heterocycles. The van der Waals surface area contributed by atoms with Gasteiger partial charge in [0.05, 0.1) is 0 Å². The maximum Gasteiger partial charge on any atom is 0.242 e. The van der Waals surface area contributed by atoms with Crippen molar-refractivity contribution in [2.45, 2.75) is 18.7 Å². The molecule has 0 radical (unpaired) electrons. The van der Waals surface area contributed by atoms with Gasteiger partial charge in [-0.1, -0.05) is 13.0 Å². The van der Waals surface area contributed by atoms with Gasteiger partial charge in [0.25, 0.3) is 0 Å². The summed E-state index contributed by atoms with van der Waals surface area (Å²) in [5, 5.41) is 2.09. The molecule has 1 atom stereocenters. The molecule has 0 spiro atoms. The Morgan fingerprint density at radius 3 is 3.07 bits per heavy atom. The molecule has 0 aromatic carbocycles. The van der Waals surface area contributed by atoms with Crippen LogP contribution >= 0.6 is 11.6 Å². The molecule has 1 amide bonds. The largest absolute Gasteiger partial charge is 0.355 e. The molecule has 1 heterocycles. The molecule has 1 N–H and O–H groups in total. The standard InChI is InChI=1S/C10H13ClN2O/c1-2-5-13-10(14)9(11)8-4-3-6-12-7-8/h3-4,6-7,9H,2,5H2,1H3,(H,13,14). The highest BCUT2D eigenvalue weighted by Crippen LogP contribution is 2.18. The van der Waals surface area contributed by atoms with Crippen LogP contribution in [0.5, 0.6) is 0 Å². The summed E-state index contributed by atoms with van der Waals surface area (Å²) in [5.41, 5.74) is 0.725. The minimum atomic E-state index is -0.643. The molecule has 0 aliphatic rings. The highest BCUT2D eigenvalue weighted by Gasteiger charge is 2.16. The van der Waals surface area contributed by atoms with E-state index in [4.69, 9.17) is 11.6 Å². The second-order valence-corrected chi connectivity index (χ2v) is 3.38. The van der Waals surface area contributed by atoms with Crippen LogP contribution in [0.4, 0.5) is 0 Å². The van der Waals surface area contributed by atoms with Gasteiger partial charge in [-0.15, -0.1) is 11.6 Å². The quantitative estimate of drug-likeness (QED) is 0.775. The average Bonchev–Trinajstić information content (AvgIpc) is 2.26. The van der Waals surface area contributed by atoms with E-state index in [1.165, 1.54) is 0 Å². The Balaban J connectivity index is 2.57. The Labute approximate surface area is 88.5 Å². The van der Waals surface area contributed by atoms with Crippen LogP contribution in [0.1, 0.15) is 24.3 Å². The van der Waals surface area contributed by atoms with Crippen LogP contribution in [-0.4, -0.2) is 17.4 Å². The molecule has 0 fully saturated rings. The number of pyridine rings is 1.